The maximum absolute atomic E-state index is 8.70. The second-order valence-electron chi connectivity index (χ2n) is 4.82. The summed E-state index contributed by atoms with van der Waals surface area (Å²) in [5.41, 5.74) is 2.80. The molecule has 0 amide bonds. The summed E-state index contributed by atoms with van der Waals surface area (Å²) in [6.07, 6.45) is 10.1. The minimum Gasteiger partial charge on any atom is -0.345 e. The summed E-state index contributed by atoms with van der Waals surface area (Å²) < 4.78 is 0. The smallest absolute Gasteiger partial charge is 0.176 e. The number of fused-ring (bicyclic) bond motifs is 1. The highest BCUT2D eigenvalue weighted by molar-refractivity contribution is 5.69. The van der Waals surface area contributed by atoms with Crippen molar-refractivity contribution >= 4 is 11.2 Å². The van der Waals surface area contributed by atoms with E-state index in [-0.39, 0.29) is 6.04 Å². The van der Waals surface area contributed by atoms with Crippen molar-refractivity contribution in [3.05, 3.63) is 24.2 Å². The summed E-state index contributed by atoms with van der Waals surface area (Å²) >= 11 is 0. The molecule has 2 atom stereocenters. The molecule has 92 valence electrons. The number of nitrogens with zero attached hydrogens (tertiary/aromatic N) is 3. The molecular formula is C13H15N5. The van der Waals surface area contributed by atoms with Crippen LogP contribution in [0.1, 0.15) is 37.3 Å². The molecule has 2 aromatic rings. The van der Waals surface area contributed by atoms with E-state index in [0.29, 0.717) is 5.92 Å². The van der Waals surface area contributed by atoms with E-state index in [4.69, 9.17) is 5.26 Å². The van der Waals surface area contributed by atoms with Crippen LogP contribution in [0, 0.1) is 11.5 Å². The van der Waals surface area contributed by atoms with E-state index in [1.807, 2.05) is 24.7 Å². The van der Waals surface area contributed by atoms with Gasteiger partial charge < -0.3 is 10.3 Å². The van der Waals surface area contributed by atoms with Gasteiger partial charge in [0, 0.05) is 18.2 Å². The summed E-state index contributed by atoms with van der Waals surface area (Å²) in [7, 11) is 0. The van der Waals surface area contributed by atoms with Crippen molar-refractivity contribution in [1.82, 2.24) is 20.3 Å². The Kier molecular flexibility index (Phi) is 2.85. The number of aromatic amines is 1. The molecule has 1 saturated carbocycles. The Bertz CT molecular complexity index is 582. The Balaban J connectivity index is 1.82. The van der Waals surface area contributed by atoms with Crippen molar-refractivity contribution in [1.29, 1.82) is 5.26 Å². The lowest BCUT2D eigenvalue weighted by molar-refractivity contribution is 0.362. The first-order valence-electron chi connectivity index (χ1n) is 6.31. The summed E-state index contributed by atoms with van der Waals surface area (Å²) in [5, 5.41) is 11.6. The third-order valence-electron chi connectivity index (χ3n) is 3.64. The molecule has 18 heavy (non-hydrogen) atoms. The van der Waals surface area contributed by atoms with Crippen LogP contribution in [0.4, 0.5) is 0 Å². The molecule has 2 aromatic heterocycles. The van der Waals surface area contributed by atoms with E-state index < -0.39 is 0 Å². The van der Waals surface area contributed by atoms with Gasteiger partial charge in [0.2, 0.25) is 0 Å². The van der Waals surface area contributed by atoms with Crippen molar-refractivity contribution in [2.75, 3.05) is 0 Å². The van der Waals surface area contributed by atoms with Gasteiger partial charge in [0.25, 0.3) is 0 Å². The van der Waals surface area contributed by atoms with Crippen molar-refractivity contribution in [3.63, 3.8) is 0 Å². The fraction of sp³-hybridized carbons (Fsp3) is 0.462. The summed E-state index contributed by atoms with van der Waals surface area (Å²) in [6, 6.07) is 2.23. The Labute approximate surface area is 105 Å². The number of hydrogen-bond donors (Lipinski definition) is 2. The average Bonchev–Trinajstić information content (AvgIpc) is 2.86. The van der Waals surface area contributed by atoms with E-state index in [2.05, 4.69) is 20.3 Å². The highest BCUT2D eigenvalue weighted by Crippen LogP contribution is 2.32. The summed E-state index contributed by atoms with van der Waals surface area (Å²) in [6.45, 7) is 0. The van der Waals surface area contributed by atoms with Crippen molar-refractivity contribution in [3.8, 4) is 6.19 Å². The van der Waals surface area contributed by atoms with Gasteiger partial charge in [0.15, 0.2) is 11.8 Å². The number of aromatic nitrogens is 3. The van der Waals surface area contributed by atoms with Gasteiger partial charge in [-0.25, -0.2) is 9.97 Å². The first kappa shape index (κ1) is 11.0. The predicted molar refractivity (Wildman–Crippen MR) is 67.6 cm³/mol. The molecule has 0 bridgehead atoms. The van der Waals surface area contributed by atoms with Crippen molar-refractivity contribution < 1.29 is 0 Å². The predicted octanol–water partition coefficient (Wildman–Crippen LogP) is 2.05. The maximum atomic E-state index is 8.70. The second-order valence-corrected chi connectivity index (χ2v) is 4.82. The third kappa shape index (κ3) is 2.02. The van der Waals surface area contributed by atoms with Gasteiger partial charge in [-0.15, -0.1) is 0 Å². The molecule has 5 heteroatoms. The second kappa shape index (κ2) is 4.65. The van der Waals surface area contributed by atoms with Crippen LogP contribution in [0.25, 0.3) is 11.2 Å². The lowest BCUT2D eigenvalue weighted by Gasteiger charge is -2.27. The molecule has 0 aliphatic heterocycles. The first-order valence-corrected chi connectivity index (χ1v) is 6.31. The fourth-order valence-electron chi connectivity index (χ4n) is 2.72. The van der Waals surface area contributed by atoms with Crippen LogP contribution < -0.4 is 5.32 Å². The standard InChI is InChI=1S/C13H15N5/c14-8-17-10-3-1-2-9(6-10)12-7-16-13-11(18-12)4-5-15-13/h4-5,7,9-10,17H,1-3,6H2,(H,15,16). The maximum Gasteiger partial charge on any atom is 0.176 e. The largest absolute Gasteiger partial charge is 0.345 e. The van der Waals surface area contributed by atoms with Crippen LogP contribution in [0.3, 0.4) is 0 Å². The summed E-state index contributed by atoms with van der Waals surface area (Å²) in [5.74, 6) is 0.413. The number of hydrogen-bond acceptors (Lipinski definition) is 4. The molecule has 1 aliphatic carbocycles. The average molecular weight is 241 g/mol. The minimum absolute atomic E-state index is 0.289. The Morgan fingerprint density at radius 2 is 2.39 bits per heavy atom. The number of rotatable bonds is 2. The van der Waals surface area contributed by atoms with Gasteiger partial charge >= 0.3 is 0 Å². The van der Waals surface area contributed by atoms with E-state index in [1.54, 1.807) is 0 Å². The van der Waals surface area contributed by atoms with Gasteiger partial charge in [-0.1, -0.05) is 6.42 Å². The Morgan fingerprint density at radius 1 is 1.44 bits per heavy atom. The zero-order valence-corrected chi connectivity index (χ0v) is 10.1. The lowest BCUT2D eigenvalue weighted by Crippen LogP contribution is -2.30. The van der Waals surface area contributed by atoms with Crippen LogP contribution in [0.5, 0.6) is 0 Å². The molecule has 2 N–H and O–H groups in total. The SMILES string of the molecule is N#CNC1CCCC(c2cnc3[nH]ccc3n2)C1. The zero-order valence-electron chi connectivity index (χ0n) is 10.1. The van der Waals surface area contributed by atoms with Crippen LogP contribution in [-0.2, 0) is 0 Å². The molecule has 2 heterocycles. The molecule has 3 rings (SSSR count). The number of nitriles is 1. The highest BCUT2D eigenvalue weighted by atomic mass is 14.9. The quantitative estimate of drug-likeness (QED) is 0.623. The molecule has 0 aromatic carbocycles. The third-order valence-corrected chi connectivity index (χ3v) is 3.64. The van der Waals surface area contributed by atoms with E-state index in [1.165, 1.54) is 0 Å². The van der Waals surface area contributed by atoms with Crippen LogP contribution in [-0.4, -0.2) is 21.0 Å². The molecular weight excluding hydrogens is 226 g/mol. The van der Waals surface area contributed by atoms with Crippen LogP contribution in [0.2, 0.25) is 0 Å². The van der Waals surface area contributed by atoms with Gasteiger partial charge in [-0.2, -0.15) is 5.26 Å². The molecule has 1 aliphatic rings. The molecule has 0 spiro atoms. The zero-order chi connectivity index (χ0) is 12.4. The molecule has 1 fully saturated rings. The highest BCUT2D eigenvalue weighted by Gasteiger charge is 2.24. The number of nitrogens with one attached hydrogen (secondary N) is 2. The van der Waals surface area contributed by atoms with E-state index in [9.17, 15) is 0 Å². The van der Waals surface area contributed by atoms with E-state index >= 15 is 0 Å². The first-order chi connectivity index (χ1) is 8.86. The van der Waals surface area contributed by atoms with Crippen LogP contribution in [0.15, 0.2) is 18.5 Å². The minimum atomic E-state index is 0.289. The van der Waals surface area contributed by atoms with Gasteiger partial charge in [0.1, 0.15) is 5.52 Å². The van der Waals surface area contributed by atoms with Crippen molar-refractivity contribution in [2.24, 2.45) is 0 Å². The normalized spacial score (nSPS) is 23.7. The molecule has 2 unspecified atom stereocenters. The van der Waals surface area contributed by atoms with E-state index in [0.717, 1.165) is 42.5 Å². The topological polar surface area (TPSA) is 77.4 Å². The fourth-order valence-corrected chi connectivity index (χ4v) is 2.72. The van der Waals surface area contributed by atoms with Gasteiger partial charge in [0.05, 0.1) is 11.9 Å². The molecule has 5 nitrogen and oxygen atoms in total. The lowest BCUT2D eigenvalue weighted by atomic mass is 9.84. The number of H-pyrrole nitrogens is 1. The monoisotopic (exact) mass is 241 g/mol. The van der Waals surface area contributed by atoms with Gasteiger partial charge in [-0.05, 0) is 25.3 Å². The molecule has 0 saturated heterocycles. The molecule has 0 radical (unpaired) electrons. The Hall–Kier alpha value is -2.09. The van der Waals surface area contributed by atoms with Crippen molar-refractivity contribution in [2.45, 2.75) is 37.6 Å². The summed E-state index contributed by atoms with van der Waals surface area (Å²) in [4.78, 5) is 12.1. The van der Waals surface area contributed by atoms with Gasteiger partial charge in [-0.3, -0.25) is 0 Å². The van der Waals surface area contributed by atoms with Crippen LogP contribution >= 0.6 is 0 Å². The Morgan fingerprint density at radius 3 is 3.28 bits per heavy atom.